The lowest BCUT2D eigenvalue weighted by molar-refractivity contribution is 0.0661. The monoisotopic (exact) mass is 316 g/mol. The molecule has 1 aromatic carbocycles. The molecule has 0 N–H and O–H groups in total. The number of likely N-dealkylation sites (tertiary alicyclic amines) is 1. The van der Waals surface area contributed by atoms with Crippen LogP contribution in [-0.2, 0) is 6.42 Å². The summed E-state index contributed by atoms with van der Waals surface area (Å²) in [5.41, 5.74) is 1.56. The zero-order valence-electron chi connectivity index (χ0n) is 13.3. The number of carbonyl (C=O) groups is 1. The number of amides is 1. The highest BCUT2D eigenvalue weighted by atomic mass is 19.1. The predicted octanol–water partition coefficient (Wildman–Crippen LogP) is 3.61. The van der Waals surface area contributed by atoms with E-state index in [0.29, 0.717) is 17.4 Å². The van der Waals surface area contributed by atoms with Crippen LogP contribution in [0.2, 0.25) is 0 Å². The molecule has 1 aromatic heterocycles. The Morgan fingerprint density at radius 2 is 2.17 bits per heavy atom. The topological polar surface area (TPSA) is 46.3 Å². The van der Waals surface area contributed by atoms with E-state index in [9.17, 15) is 9.18 Å². The number of carbonyl (C=O) groups excluding carboxylic acids is 1. The molecule has 0 spiro atoms. The summed E-state index contributed by atoms with van der Waals surface area (Å²) < 4.78 is 18.1. The first-order valence-corrected chi connectivity index (χ1v) is 8.07. The Bertz CT molecular complexity index is 666. The average molecular weight is 316 g/mol. The molecular weight excluding hydrogens is 295 g/mol. The van der Waals surface area contributed by atoms with Crippen LogP contribution in [0.15, 0.2) is 35.1 Å². The third-order valence-corrected chi connectivity index (χ3v) is 4.51. The van der Waals surface area contributed by atoms with Gasteiger partial charge in [0.1, 0.15) is 11.6 Å². The summed E-state index contributed by atoms with van der Waals surface area (Å²) in [5, 5.41) is 0. The van der Waals surface area contributed by atoms with Gasteiger partial charge in [-0.25, -0.2) is 9.37 Å². The molecule has 2 heterocycles. The zero-order chi connectivity index (χ0) is 16.2. The minimum absolute atomic E-state index is 0.0391. The fourth-order valence-corrected chi connectivity index (χ4v) is 3.17. The number of hydrogen-bond acceptors (Lipinski definition) is 3. The first-order chi connectivity index (χ1) is 11.1. The van der Waals surface area contributed by atoms with Crippen LogP contribution in [0.5, 0.6) is 0 Å². The number of benzene rings is 1. The molecule has 0 bridgehead atoms. The lowest BCUT2D eigenvalue weighted by Crippen LogP contribution is -2.40. The normalized spacial score (nSPS) is 18.2. The molecule has 1 fully saturated rings. The molecule has 1 aliphatic rings. The van der Waals surface area contributed by atoms with Crippen LogP contribution in [0, 0.1) is 18.7 Å². The number of halogens is 1. The summed E-state index contributed by atoms with van der Waals surface area (Å²) in [6.07, 6.45) is 5.38. The number of hydrogen-bond donors (Lipinski definition) is 0. The van der Waals surface area contributed by atoms with Gasteiger partial charge in [0.25, 0.3) is 5.91 Å². The van der Waals surface area contributed by atoms with Gasteiger partial charge in [0.2, 0.25) is 0 Å². The fraction of sp³-hybridized carbons (Fsp3) is 0.444. The van der Waals surface area contributed by atoms with Gasteiger partial charge in [-0.1, -0.05) is 12.1 Å². The Balaban J connectivity index is 1.57. The third kappa shape index (κ3) is 3.78. The molecule has 3 rings (SSSR count). The number of aromatic nitrogens is 1. The maximum absolute atomic E-state index is 12.9. The van der Waals surface area contributed by atoms with E-state index in [-0.39, 0.29) is 11.7 Å². The van der Waals surface area contributed by atoms with Gasteiger partial charge in [-0.15, -0.1) is 0 Å². The van der Waals surface area contributed by atoms with Crippen LogP contribution in [0.3, 0.4) is 0 Å². The highest BCUT2D eigenvalue weighted by Gasteiger charge is 2.26. The summed E-state index contributed by atoms with van der Waals surface area (Å²) in [5.74, 6) is 0.808. The summed E-state index contributed by atoms with van der Waals surface area (Å²) in [4.78, 5) is 18.4. The fourth-order valence-electron chi connectivity index (χ4n) is 3.17. The van der Waals surface area contributed by atoms with E-state index in [1.165, 1.54) is 18.5 Å². The SMILES string of the molecule is Cc1ocnc1C(=O)N1CCCC(CCc2ccc(F)cc2)C1. The van der Waals surface area contributed by atoms with Crippen molar-refractivity contribution in [2.45, 2.75) is 32.6 Å². The molecule has 1 saturated heterocycles. The Hall–Kier alpha value is -2.17. The molecule has 0 saturated carbocycles. The van der Waals surface area contributed by atoms with Crippen molar-refractivity contribution in [2.24, 2.45) is 5.92 Å². The largest absolute Gasteiger partial charge is 0.448 e. The van der Waals surface area contributed by atoms with Crippen molar-refractivity contribution >= 4 is 5.91 Å². The van der Waals surface area contributed by atoms with Gasteiger partial charge in [-0.2, -0.15) is 0 Å². The van der Waals surface area contributed by atoms with Crippen molar-refractivity contribution in [3.63, 3.8) is 0 Å². The lowest BCUT2D eigenvalue weighted by atomic mass is 9.91. The standard InChI is InChI=1S/C18H21FN2O2/c1-13-17(20-12-23-13)18(22)21-10-2-3-15(11-21)5-4-14-6-8-16(19)9-7-14/h6-9,12,15H,2-5,10-11H2,1H3. The van der Waals surface area contributed by atoms with Gasteiger partial charge in [0.15, 0.2) is 12.1 Å². The second kappa shape index (κ2) is 6.94. The van der Waals surface area contributed by atoms with E-state index < -0.39 is 0 Å². The maximum atomic E-state index is 12.9. The van der Waals surface area contributed by atoms with Crippen LogP contribution in [-0.4, -0.2) is 28.9 Å². The van der Waals surface area contributed by atoms with Gasteiger partial charge >= 0.3 is 0 Å². The molecule has 2 aromatic rings. The second-order valence-corrected chi connectivity index (χ2v) is 6.18. The van der Waals surface area contributed by atoms with Gasteiger partial charge in [0, 0.05) is 13.1 Å². The van der Waals surface area contributed by atoms with Crippen molar-refractivity contribution < 1.29 is 13.6 Å². The minimum Gasteiger partial charge on any atom is -0.448 e. The van der Waals surface area contributed by atoms with E-state index in [0.717, 1.165) is 44.3 Å². The molecule has 1 aliphatic heterocycles. The number of nitrogens with zero attached hydrogens (tertiary/aromatic N) is 2. The van der Waals surface area contributed by atoms with Gasteiger partial charge in [0.05, 0.1) is 0 Å². The molecule has 1 atom stereocenters. The Morgan fingerprint density at radius 1 is 1.39 bits per heavy atom. The smallest absolute Gasteiger partial charge is 0.276 e. The van der Waals surface area contributed by atoms with Crippen molar-refractivity contribution in [2.75, 3.05) is 13.1 Å². The van der Waals surface area contributed by atoms with E-state index in [1.807, 2.05) is 17.0 Å². The van der Waals surface area contributed by atoms with Crippen LogP contribution in [0.1, 0.15) is 41.1 Å². The van der Waals surface area contributed by atoms with E-state index in [4.69, 9.17) is 4.42 Å². The second-order valence-electron chi connectivity index (χ2n) is 6.18. The summed E-state index contributed by atoms with van der Waals surface area (Å²) >= 11 is 0. The van der Waals surface area contributed by atoms with Crippen LogP contribution >= 0.6 is 0 Å². The third-order valence-electron chi connectivity index (χ3n) is 4.51. The van der Waals surface area contributed by atoms with Crippen molar-refractivity contribution in [3.05, 3.63) is 53.5 Å². The van der Waals surface area contributed by atoms with Crippen LogP contribution < -0.4 is 0 Å². The molecule has 4 nitrogen and oxygen atoms in total. The Morgan fingerprint density at radius 3 is 2.87 bits per heavy atom. The summed E-state index contributed by atoms with van der Waals surface area (Å²) in [7, 11) is 0. The number of rotatable bonds is 4. The van der Waals surface area contributed by atoms with Crippen molar-refractivity contribution in [3.8, 4) is 0 Å². The molecule has 0 aliphatic carbocycles. The molecule has 1 unspecified atom stereocenters. The van der Waals surface area contributed by atoms with Crippen LogP contribution in [0.4, 0.5) is 4.39 Å². The molecule has 122 valence electrons. The summed E-state index contributed by atoms with van der Waals surface area (Å²) in [6, 6.07) is 6.67. The number of piperidine rings is 1. The first-order valence-electron chi connectivity index (χ1n) is 8.07. The van der Waals surface area contributed by atoms with Gasteiger partial charge in [-0.3, -0.25) is 4.79 Å². The Labute approximate surface area is 135 Å². The average Bonchev–Trinajstić information content (AvgIpc) is 3.00. The van der Waals surface area contributed by atoms with Crippen molar-refractivity contribution in [1.29, 1.82) is 0 Å². The van der Waals surface area contributed by atoms with E-state index >= 15 is 0 Å². The number of oxazole rings is 1. The van der Waals surface area contributed by atoms with Gasteiger partial charge in [-0.05, 0) is 56.2 Å². The predicted molar refractivity (Wildman–Crippen MR) is 84.6 cm³/mol. The molecule has 23 heavy (non-hydrogen) atoms. The maximum Gasteiger partial charge on any atom is 0.276 e. The quantitative estimate of drug-likeness (QED) is 0.865. The zero-order valence-corrected chi connectivity index (χ0v) is 13.3. The summed E-state index contributed by atoms with van der Waals surface area (Å²) in [6.45, 7) is 3.29. The molecular formula is C18H21FN2O2. The van der Waals surface area contributed by atoms with Crippen molar-refractivity contribution in [1.82, 2.24) is 9.88 Å². The van der Waals surface area contributed by atoms with Gasteiger partial charge < -0.3 is 9.32 Å². The highest BCUT2D eigenvalue weighted by molar-refractivity contribution is 5.93. The number of aryl methyl sites for hydroxylation is 2. The molecule has 0 radical (unpaired) electrons. The van der Waals surface area contributed by atoms with E-state index in [2.05, 4.69) is 4.98 Å². The lowest BCUT2D eigenvalue weighted by Gasteiger charge is -2.32. The van der Waals surface area contributed by atoms with E-state index in [1.54, 1.807) is 6.92 Å². The highest BCUT2D eigenvalue weighted by Crippen LogP contribution is 2.23. The Kier molecular flexibility index (Phi) is 4.74. The van der Waals surface area contributed by atoms with Crippen LogP contribution in [0.25, 0.3) is 0 Å². The minimum atomic E-state index is -0.203. The molecule has 5 heteroatoms. The molecule has 1 amide bonds. The first kappa shape index (κ1) is 15.7.